The fourth-order valence-corrected chi connectivity index (χ4v) is 3.65. The van der Waals surface area contributed by atoms with E-state index in [1.54, 1.807) is 6.07 Å². The molecule has 166 valence electrons. The second-order valence-corrected chi connectivity index (χ2v) is 7.78. The van der Waals surface area contributed by atoms with E-state index in [0.717, 1.165) is 35.5 Å². The Morgan fingerprint density at radius 3 is 2.78 bits per heavy atom. The van der Waals surface area contributed by atoms with Gasteiger partial charge in [0.05, 0.1) is 6.54 Å². The largest absolute Gasteiger partial charge is 0.488 e. The summed E-state index contributed by atoms with van der Waals surface area (Å²) in [4.78, 5) is 26.5. The number of aryl methyl sites for hydroxylation is 1. The molecule has 1 amide bonds. The lowest BCUT2D eigenvalue weighted by Gasteiger charge is -2.18. The highest BCUT2D eigenvalue weighted by molar-refractivity contribution is 5.90. The number of nitrogens with zero attached hydrogens (tertiary/aromatic N) is 4. The van der Waals surface area contributed by atoms with Gasteiger partial charge in [0.25, 0.3) is 0 Å². The third-order valence-corrected chi connectivity index (χ3v) is 5.31. The molecule has 2 N–H and O–H groups in total. The van der Waals surface area contributed by atoms with Gasteiger partial charge in [-0.25, -0.2) is 14.4 Å². The van der Waals surface area contributed by atoms with Crippen molar-refractivity contribution in [2.45, 2.75) is 33.3 Å². The number of aromatic nitrogens is 3. The van der Waals surface area contributed by atoms with E-state index in [2.05, 4.69) is 25.6 Å². The maximum atomic E-state index is 13.3. The van der Waals surface area contributed by atoms with Gasteiger partial charge in [-0.05, 0) is 55.3 Å². The molecule has 0 aliphatic carbocycles. The molecule has 1 atom stereocenters. The normalized spacial score (nSPS) is 15.5. The summed E-state index contributed by atoms with van der Waals surface area (Å²) >= 11 is 0. The molecule has 0 bridgehead atoms. The Bertz CT molecular complexity index is 1140. The zero-order valence-electron chi connectivity index (χ0n) is 18.2. The Balaban J connectivity index is 1.44. The molecule has 1 aromatic heterocycles. The zero-order valence-corrected chi connectivity index (χ0v) is 18.2. The summed E-state index contributed by atoms with van der Waals surface area (Å²) in [6.07, 6.45) is 2.24. The first-order valence-corrected chi connectivity index (χ1v) is 10.4. The van der Waals surface area contributed by atoms with E-state index in [-0.39, 0.29) is 17.8 Å². The topological polar surface area (TPSA) is 92.3 Å². The number of rotatable bonds is 6. The van der Waals surface area contributed by atoms with Crippen molar-refractivity contribution in [3.63, 3.8) is 0 Å². The second-order valence-electron chi connectivity index (χ2n) is 7.78. The van der Waals surface area contributed by atoms with Gasteiger partial charge < -0.3 is 20.3 Å². The van der Waals surface area contributed by atoms with Crippen LogP contribution < -0.4 is 20.3 Å². The summed E-state index contributed by atoms with van der Waals surface area (Å²) in [6.45, 7) is 6.58. The first-order chi connectivity index (χ1) is 15.4. The molecule has 2 heterocycles. The third kappa shape index (κ3) is 4.93. The van der Waals surface area contributed by atoms with Crippen LogP contribution in [0.1, 0.15) is 24.5 Å². The van der Waals surface area contributed by atoms with Gasteiger partial charge in [0.2, 0.25) is 17.8 Å². The van der Waals surface area contributed by atoms with Crippen LogP contribution in [0.15, 0.2) is 42.7 Å². The Kier molecular flexibility index (Phi) is 6.16. The summed E-state index contributed by atoms with van der Waals surface area (Å²) < 4.78 is 19.4. The number of halogens is 1. The van der Waals surface area contributed by atoms with Gasteiger partial charge in [0, 0.05) is 31.3 Å². The number of hydrogen-bond acceptors (Lipinski definition) is 7. The van der Waals surface area contributed by atoms with Crippen molar-refractivity contribution in [3.8, 4) is 5.75 Å². The number of hydrogen-bond donors (Lipinski definition) is 2. The van der Waals surface area contributed by atoms with Crippen molar-refractivity contribution in [3.05, 3.63) is 59.7 Å². The molecule has 1 aliphatic rings. The summed E-state index contributed by atoms with van der Waals surface area (Å²) in [6, 6.07) is 10.1. The van der Waals surface area contributed by atoms with Gasteiger partial charge in [-0.1, -0.05) is 6.07 Å². The molecule has 32 heavy (non-hydrogen) atoms. The van der Waals surface area contributed by atoms with E-state index in [0.29, 0.717) is 24.2 Å². The van der Waals surface area contributed by atoms with Crippen molar-refractivity contribution in [2.75, 3.05) is 28.6 Å². The first-order valence-electron chi connectivity index (χ1n) is 10.4. The molecule has 1 aliphatic heterocycles. The lowest BCUT2D eigenvalue weighted by atomic mass is 10.1. The Hall–Kier alpha value is -3.75. The molecule has 9 heteroatoms. The zero-order chi connectivity index (χ0) is 22.7. The standard InChI is InChI=1S/C23H25FN6O2/c1-14-11-17(24)7-8-21(14)32-18-9-10-30(12-18)23-26-13-25-22(29-23)28-20-6-4-5-19(15(20)2)27-16(3)31/h4-8,11,13,18H,9-10,12H2,1-3H3,(H,27,31)(H,25,26,28,29)/t18-/m1/s1. The van der Waals surface area contributed by atoms with Crippen LogP contribution in [0.5, 0.6) is 5.75 Å². The fourth-order valence-electron chi connectivity index (χ4n) is 3.65. The molecule has 0 saturated carbocycles. The van der Waals surface area contributed by atoms with E-state index in [4.69, 9.17) is 4.74 Å². The fraction of sp³-hybridized carbons (Fsp3) is 0.304. The van der Waals surface area contributed by atoms with Gasteiger partial charge in [0.1, 0.15) is 24.0 Å². The highest BCUT2D eigenvalue weighted by Crippen LogP contribution is 2.27. The maximum Gasteiger partial charge on any atom is 0.232 e. The number of carbonyl (C=O) groups is 1. The summed E-state index contributed by atoms with van der Waals surface area (Å²) in [5.41, 5.74) is 3.18. The third-order valence-electron chi connectivity index (χ3n) is 5.31. The average molecular weight is 436 g/mol. The van der Waals surface area contributed by atoms with E-state index in [9.17, 15) is 9.18 Å². The van der Waals surface area contributed by atoms with E-state index < -0.39 is 0 Å². The van der Waals surface area contributed by atoms with Gasteiger partial charge in [-0.15, -0.1) is 0 Å². The Morgan fingerprint density at radius 1 is 1.19 bits per heavy atom. The highest BCUT2D eigenvalue weighted by Gasteiger charge is 2.26. The summed E-state index contributed by atoms with van der Waals surface area (Å²) in [5.74, 6) is 1.25. The second kappa shape index (κ2) is 9.17. The smallest absolute Gasteiger partial charge is 0.232 e. The molecule has 1 saturated heterocycles. The van der Waals surface area contributed by atoms with Crippen LogP contribution in [0.2, 0.25) is 0 Å². The molecule has 1 fully saturated rings. The molecule has 0 unspecified atom stereocenters. The predicted molar refractivity (Wildman–Crippen MR) is 121 cm³/mol. The Morgan fingerprint density at radius 2 is 2.00 bits per heavy atom. The van der Waals surface area contributed by atoms with Crippen molar-refractivity contribution in [1.82, 2.24) is 15.0 Å². The summed E-state index contributed by atoms with van der Waals surface area (Å²) in [5, 5.41) is 6.02. The maximum absolute atomic E-state index is 13.3. The first kappa shape index (κ1) is 21.5. The lowest BCUT2D eigenvalue weighted by Crippen LogP contribution is -2.26. The average Bonchev–Trinajstić information content (AvgIpc) is 3.22. The minimum absolute atomic E-state index is 0.0380. The number of amides is 1. The number of benzene rings is 2. The van der Waals surface area contributed by atoms with Crippen LogP contribution in [0.25, 0.3) is 0 Å². The quantitative estimate of drug-likeness (QED) is 0.604. The van der Waals surface area contributed by atoms with Crippen molar-refractivity contribution < 1.29 is 13.9 Å². The molecule has 4 rings (SSSR count). The molecule has 8 nitrogen and oxygen atoms in total. The van der Waals surface area contributed by atoms with Crippen LogP contribution in [0.4, 0.5) is 27.7 Å². The van der Waals surface area contributed by atoms with Crippen LogP contribution in [0.3, 0.4) is 0 Å². The highest BCUT2D eigenvalue weighted by atomic mass is 19.1. The molecule has 3 aromatic rings. The number of nitrogens with one attached hydrogen (secondary N) is 2. The van der Waals surface area contributed by atoms with Gasteiger partial charge in [0.15, 0.2) is 0 Å². The minimum atomic E-state index is -0.272. The molecular formula is C23H25FN6O2. The Labute approximate surface area is 185 Å². The van der Waals surface area contributed by atoms with Gasteiger partial charge in [-0.2, -0.15) is 4.98 Å². The van der Waals surface area contributed by atoms with Gasteiger partial charge >= 0.3 is 0 Å². The van der Waals surface area contributed by atoms with Crippen molar-refractivity contribution in [1.29, 1.82) is 0 Å². The molecule has 0 spiro atoms. The van der Waals surface area contributed by atoms with Crippen molar-refractivity contribution >= 4 is 29.2 Å². The van der Waals surface area contributed by atoms with E-state index in [1.165, 1.54) is 25.4 Å². The van der Waals surface area contributed by atoms with E-state index >= 15 is 0 Å². The van der Waals surface area contributed by atoms with Crippen LogP contribution in [-0.4, -0.2) is 40.1 Å². The number of anilines is 4. The SMILES string of the molecule is CC(=O)Nc1cccc(Nc2ncnc(N3CC[C@@H](Oc4ccc(F)cc4C)C3)n2)c1C. The van der Waals surface area contributed by atoms with Crippen LogP contribution in [0, 0.1) is 19.7 Å². The minimum Gasteiger partial charge on any atom is -0.488 e. The van der Waals surface area contributed by atoms with Crippen molar-refractivity contribution in [2.24, 2.45) is 0 Å². The molecule has 0 radical (unpaired) electrons. The van der Waals surface area contributed by atoms with Gasteiger partial charge in [-0.3, -0.25) is 4.79 Å². The molecule has 2 aromatic carbocycles. The monoisotopic (exact) mass is 436 g/mol. The number of carbonyl (C=O) groups excluding carboxylic acids is 1. The summed E-state index contributed by atoms with van der Waals surface area (Å²) in [7, 11) is 0. The number of ether oxygens (including phenoxy) is 1. The predicted octanol–water partition coefficient (Wildman–Crippen LogP) is 3.99. The molecular weight excluding hydrogens is 411 g/mol. The van der Waals surface area contributed by atoms with E-state index in [1.807, 2.05) is 36.9 Å². The van der Waals surface area contributed by atoms with Crippen LogP contribution >= 0.6 is 0 Å². The lowest BCUT2D eigenvalue weighted by molar-refractivity contribution is -0.114. The van der Waals surface area contributed by atoms with Crippen LogP contribution in [-0.2, 0) is 4.79 Å².